The molecule has 2 unspecified atom stereocenters. The van der Waals surface area contributed by atoms with Gasteiger partial charge in [0.15, 0.2) is 5.79 Å². The smallest absolute Gasteiger partial charge is 0.192 e. The predicted octanol–water partition coefficient (Wildman–Crippen LogP) is 3.66. The van der Waals surface area contributed by atoms with Gasteiger partial charge in [-0.2, -0.15) is 0 Å². The van der Waals surface area contributed by atoms with Gasteiger partial charge in [0.05, 0.1) is 12.7 Å². The SMILES string of the molecule is CC(C)C1OC(C)(c2cccc(O)c2)OCC1(C)C. The van der Waals surface area contributed by atoms with Crippen LogP contribution in [0.4, 0.5) is 0 Å². The summed E-state index contributed by atoms with van der Waals surface area (Å²) < 4.78 is 12.2. The van der Waals surface area contributed by atoms with Crippen molar-refractivity contribution in [3.8, 4) is 5.75 Å². The van der Waals surface area contributed by atoms with Crippen molar-refractivity contribution < 1.29 is 14.6 Å². The Bertz CT molecular complexity index is 453. The number of hydrogen-bond donors (Lipinski definition) is 1. The topological polar surface area (TPSA) is 38.7 Å². The molecule has 0 aliphatic carbocycles. The van der Waals surface area contributed by atoms with Gasteiger partial charge in [0, 0.05) is 11.0 Å². The molecule has 1 saturated heterocycles. The summed E-state index contributed by atoms with van der Waals surface area (Å²) in [5.41, 5.74) is 0.846. The molecule has 1 aromatic carbocycles. The molecule has 1 aromatic rings. The zero-order valence-corrected chi connectivity index (χ0v) is 12.4. The molecule has 3 nitrogen and oxygen atoms in total. The van der Waals surface area contributed by atoms with Crippen LogP contribution in [0.15, 0.2) is 24.3 Å². The summed E-state index contributed by atoms with van der Waals surface area (Å²) in [6.45, 7) is 11.2. The van der Waals surface area contributed by atoms with Gasteiger partial charge in [0.2, 0.25) is 0 Å². The maximum Gasteiger partial charge on any atom is 0.192 e. The summed E-state index contributed by atoms with van der Waals surface area (Å²) in [4.78, 5) is 0. The van der Waals surface area contributed by atoms with Crippen molar-refractivity contribution in [2.75, 3.05) is 6.61 Å². The highest BCUT2D eigenvalue weighted by Gasteiger charge is 2.46. The van der Waals surface area contributed by atoms with Crippen molar-refractivity contribution in [2.45, 2.75) is 46.5 Å². The lowest BCUT2D eigenvalue weighted by Crippen LogP contribution is -2.52. The minimum Gasteiger partial charge on any atom is -0.508 e. The zero-order chi connectivity index (χ0) is 14.3. The van der Waals surface area contributed by atoms with Crippen LogP contribution in [0.25, 0.3) is 0 Å². The lowest BCUT2D eigenvalue weighted by Gasteiger charge is -2.49. The molecule has 1 fully saturated rings. The lowest BCUT2D eigenvalue weighted by molar-refractivity contribution is -0.337. The third-order valence-corrected chi connectivity index (χ3v) is 3.82. The average Bonchev–Trinajstić information content (AvgIpc) is 2.32. The standard InChI is InChI=1S/C16H24O3/c1-11(2)14-15(3,4)10-18-16(5,19-14)12-7-6-8-13(17)9-12/h6-9,11,14,17H,10H2,1-5H3. The number of aromatic hydroxyl groups is 1. The van der Waals surface area contributed by atoms with E-state index in [9.17, 15) is 5.11 Å². The Morgan fingerprint density at radius 3 is 2.53 bits per heavy atom. The second-order valence-corrected chi connectivity index (χ2v) is 6.56. The van der Waals surface area contributed by atoms with E-state index in [0.29, 0.717) is 12.5 Å². The van der Waals surface area contributed by atoms with Crippen LogP contribution in [0, 0.1) is 11.3 Å². The van der Waals surface area contributed by atoms with Crippen LogP contribution in [0.1, 0.15) is 40.2 Å². The Morgan fingerprint density at radius 1 is 1.26 bits per heavy atom. The van der Waals surface area contributed by atoms with Gasteiger partial charge in [-0.3, -0.25) is 0 Å². The van der Waals surface area contributed by atoms with E-state index in [4.69, 9.17) is 9.47 Å². The van der Waals surface area contributed by atoms with Crippen LogP contribution in [0.5, 0.6) is 5.75 Å². The first-order valence-corrected chi connectivity index (χ1v) is 6.86. The summed E-state index contributed by atoms with van der Waals surface area (Å²) in [5, 5.41) is 9.62. The maximum absolute atomic E-state index is 9.62. The Morgan fingerprint density at radius 2 is 1.95 bits per heavy atom. The highest BCUT2D eigenvalue weighted by atomic mass is 16.7. The molecule has 1 heterocycles. The average molecular weight is 264 g/mol. The quantitative estimate of drug-likeness (QED) is 0.886. The van der Waals surface area contributed by atoms with Crippen LogP contribution in [0.3, 0.4) is 0 Å². The van der Waals surface area contributed by atoms with Crippen molar-refractivity contribution in [3.05, 3.63) is 29.8 Å². The fraction of sp³-hybridized carbons (Fsp3) is 0.625. The van der Waals surface area contributed by atoms with E-state index in [2.05, 4.69) is 27.7 Å². The summed E-state index contributed by atoms with van der Waals surface area (Å²) in [6.07, 6.45) is 0.119. The third kappa shape index (κ3) is 2.77. The Hall–Kier alpha value is -1.06. The number of benzene rings is 1. The van der Waals surface area contributed by atoms with Crippen LogP contribution in [-0.4, -0.2) is 17.8 Å². The summed E-state index contributed by atoms with van der Waals surface area (Å²) >= 11 is 0. The van der Waals surface area contributed by atoms with Crippen LogP contribution < -0.4 is 0 Å². The summed E-state index contributed by atoms with van der Waals surface area (Å²) in [6, 6.07) is 7.09. The molecule has 0 bridgehead atoms. The molecule has 0 aromatic heterocycles. The first-order valence-electron chi connectivity index (χ1n) is 6.86. The maximum atomic E-state index is 9.62. The molecular weight excluding hydrogens is 240 g/mol. The van der Waals surface area contributed by atoms with Gasteiger partial charge in [-0.25, -0.2) is 0 Å². The molecule has 2 rings (SSSR count). The zero-order valence-electron chi connectivity index (χ0n) is 12.4. The molecular formula is C16H24O3. The number of hydrogen-bond acceptors (Lipinski definition) is 3. The number of phenols is 1. The van der Waals surface area contributed by atoms with Crippen molar-refractivity contribution in [1.29, 1.82) is 0 Å². The van der Waals surface area contributed by atoms with Gasteiger partial charge in [0.1, 0.15) is 5.75 Å². The molecule has 1 aliphatic heterocycles. The van der Waals surface area contributed by atoms with E-state index in [1.54, 1.807) is 12.1 Å². The second-order valence-electron chi connectivity index (χ2n) is 6.56. The largest absolute Gasteiger partial charge is 0.508 e. The van der Waals surface area contributed by atoms with Gasteiger partial charge in [-0.05, 0) is 25.0 Å². The molecule has 0 radical (unpaired) electrons. The fourth-order valence-corrected chi connectivity index (χ4v) is 2.82. The van der Waals surface area contributed by atoms with E-state index < -0.39 is 5.79 Å². The van der Waals surface area contributed by atoms with Gasteiger partial charge < -0.3 is 14.6 Å². The molecule has 0 saturated carbocycles. The van der Waals surface area contributed by atoms with E-state index in [-0.39, 0.29) is 17.3 Å². The van der Waals surface area contributed by atoms with Crippen LogP contribution in [0.2, 0.25) is 0 Å². The fourth-order valence-electron chi connectivity index (χ4n) is 2.82. The van der Waals surface area contributed by atoms with Crippen LogP contribution >= 0.6 is 0 Å². The van der Waals surface area contributed by atoms with Crippen molar-refractivity contribution >= 4 is 0 Å². The predicted molar refractivity (Wildman–Crippen MR) is 74.9 cm³/mol. The molecule has 2 atom stereocenters. The van der Waals surface area contributed by atoms with E-state index in [1.807, 2.05) is 19.1 Å². The molecule has 106 valence electrons. The first-order chi connectivity index (χ1) is 8.74. The molecule has 0 spiro atoms. The Kier molecular flexibility index (Phi) is 3.63. The molecule has 1 aliphatic rings. The van der Waals surface area contributed by atoms with Crippen molar-refractivity contribution in [1.82, 2.24) is 0 Å². The first kappa shape index (κ1) is 14.4. The second kappa shape index (κ2) is 4.80. The van der Waals surface area contributed by atoms with Gasteiger partial charge >= 0.3 is 0 Å². The number of ether oxygens (including phenoxy) is 2. The lowest BCUT2D eigenvalue weighted by atomic mass is 9.80. The number of phenolic OH excluding ortho intramolecular Hbond substituents is 1. The molecule has 1 N–H and O–H groups in total. The highest BCUT2D eigenvalue weighted by molar-refractivity contribution is 5.30. The third-order valence-electron chi connectivity index (χ3n) is 3.82. The van der Waals surface area contributed by atoms with Gasteiger partial charge in [-0.1, -0.05) is 39.8 Å². The Balaban J connectivity index is 2.31. The van der Waals surface area contributed by atoms with Gasteiger partial charge in [0.25, 0.3) is 0 Å². The normalized spacial score (nSPS) is 30.5. The summed E-state index contributed by atoms with van der Waals surface area (Å²) in [5.74, 6) is -0.143. The number of rotatable bonds is 2. The van der Waals surface area contributed by atoms with E-state index >= 15 is 0 Å². The van der Waals surface area contributed by atoms with Crippen molar-refractivity contribution in [3.63, 3.8) is 0 Å². The van der Waals surface area contributed by atoms with Crippen molar-refractivity contribution in [2.24, 2.45) is 11.3 Å². The monoisotopic (exact) mass is 264 g/mol. The van der Waals surface area contributed by atoms with E-state index in [1.165, 1.54) is 0 Å². The van der Waals surface area contributed by atoms with E-state index in [0.717, 1.165) is 5.56 Å². The highest BCUT2D eigenvalue weighted by Crippen LogP contribution is 2.43. The molecule has 3 heteroatoms. The molecule has 0 amide bonds. The minimum absolute atomic E-state index is 0.00942. The van der Waals surface area contributed by atoms with Crippen LogP contribution in [-0.2, 0) is 15.3 Å². The minimum atomic E-state index is -0.788. The van der Waals surface area contributed by atoms with Gasteiger partial charge in [-0.15, -0.1) is 0 Å². The summed E-state index contributed by atoms with van der Waals surface area (Å²) in [7, 11) is 0. The Labute approximate surface area is 115 Å². The molecule has 19 heavy (non-hydrogen) atoms.